The molecule has 1 heterocycles. The van der Waals surface area contributed by atoms with Gasteiger partial charge in [0.25, 0.3) is 0 Å². The molecule has 0 saturated heterocycles. The number of rotatable bonds is 3. The molecule has 3 N–H and O–H groups in total. The third kappa shape index (κ3) is 1.65. The van der Waals surface area contributed by atoms with Crippen molar-refractivity contribution in [2.75, 3.05) is 0 Å². The van der Waals surface area contributed by atoms with Gasteiger partial charge in [-0.15, -0.1) is 0 Å². The number of nitrogens with one attached hydrogen (secondary N) is 1. The van der Waals surface area contributed by atoms with Crippen LogP contribution in [0, 0.1) is 6.92 Å². The number of nitrogens with two attached hydrogens (primary N) is 1. The van der Waals surface area contributed by atoms with Gasteiger partial charge in [-0.3, -0.25) is 16.0 Å². The van der Waals surface area contributed by atoms with Crippen molar-refractivity contribution in [1.82, 2.24) is 15.2 Å². The zero-order valence-electron chi connectivity index (χ0n) is 7.83. The van der Waals surface area contributed by atoms with Crippen molar-refractivity contribution < 1.29 is 0 Å². The Kier molecular flexibility index (Phi) is 2.83. The van der Waals surface area contributed by atoms with Crippen LogP contribution < -0.4 is 11.3 Å². The minimum Gasteiger partial charge on any atom is -0.275 e. The molecule has 0 radical (unpaired) electrons. The van der Waals surface area contributed by atoms with Crippen molar-refractivity contribution in [2.45, 2.75) is 26.3 Å². The lowest BCUT2D eigenvalue weighted by Gasteiger charge is -2.11. The maximum Gasteiger partial charge on any atom is 0.0641 e. The van der Waals surface area contributed by atoms with E-state index in [0.717, 1.165) is 12.1 Å². The zero-order chi connectivity index (χ0) is 9.14. The Hall–Kier alpha value is -0.870. The van der Waals surface area contributed by atoms with E-state index >= 15 is 0 Å². The lowest BCUT2D eigenvalue weighted by Crippen LogP contribution is -2.27. The number of hydrogen-bond donors (Lipinski definition) is 2. The topological polar surface area (TPSA) is 55.9 Å². The third-order valence-corrected chi connectivity index (χ3v) is 2.04. The molecule has 0 amide bonds. The second-order valence-corrected chi connectivity index (χ2v) is 2.97. The second-order valence-electron chi connectivity index (χ2n) is 2.97. The third-order valence-electron chi connectivity index (χ3n) is 2.04. The van der Waals surface area contributed by atoms with Crippen LogP contribution in [0.5, 0.6) is 0 Å². The molecule has 4 heteroatoms. The Morgan fingerprint density at radius 1 is 1.75 bits per heavy atom. The Morgan fingerprint density at radius 2 is 2.42 bits per heavy atom. The van der Waals surface area contributed by atoms with E-state index in [4.69, 9.17) is 5.84 Å². The van der Waals surface area contributed by atoms with Crippen LogP contribution in [-0.4, -0.2) is 9.78 Å². The molecule has 0 fully saturated rings. The summed E-state index contributed by atoms with van der Waals surface area (Å²) in [6.07, 6.45) is 2.98. The number of aryl methyl sites for hydroxylation is 2. The van der Waals surface area contributed by atoms with Gasteiger partial charge in [-0.05, 0) is 13.3 Å². The maximum absolute atomic E-state index is 5.41. The number of nitrogens with zero attached hydrogens (tertiary/aromatic N) is 2. The average Bonchev–Trinajstić information content (AvgIpc) is 2.34. The fourth-order valence-corrected chi connectivity index (χ4v) is 1.39. The van der Waals surface area contributed by atoms with Gasteiger partial charge in [-0.1, -0.05) is 6.92 Å². The molecule has 1 aromatic rings. The number of hydrazine groups is 1. The molecule has 0 aliphatic rings. The Bertz CT molecular complexity index is 250. The molecule has 0 spiro atoms. The fraction of sp³-hybridized carbons (Fsp3) is 0.625. The molecule has 1 unspecified atom stereocenters. The van der Waals surface area contributed by atoms with Crippen molar-refractivity contribution in [3.05, 3.63) is 17.5 Å². The molecular formula is C8H16N4. The zero-order valence-corrected chi connectivity index (χ0v) is 7.83. The van der Waals surface area contributed by atoms with Crippen LogP contribution in [-0.2, 0) is 7.05 Å². The summed E-state index contributed by atoms with van der Waals surface area (Å²) in [7, 11) is 1.92. The van der Waals surface area contributed by atoms with Crippen LogP contribution in [0.3, 0.4) is 0 Å². The van der Waals surface area contributed by atoms with Crippen molar-refractivity contribution >= 4 is 0 Å². The van der Waals surface area contributed by atoms with Crippen molar-refractivity contribution in [3.8, 4) is 0 Å². The lowest BCUT2D eigenvalue weighted by atomic mass is 10.1. The standard InChI is InChI=1S/C8H16N4/c1-4-8(10-9)7-5-12(3)11-6(7)2/h5,8,10H,4,9H2,1-3H3. The van der Waals surface area contributed by atoms with E-state index in [1.54, 1.807) is 0 Å². The Balaban J connectivity index is 2.91. The maximum atomic E-state index is 5.41. The van der Waals surface area contributed by atoms with Gasteiger partial charge < -0.3 is 0 Å². The summed E-state index contributed by atoms with van der Waals surface area (Å²) in [5.74, 6) is 5.41. The number of aromatic nitrogens is 2. The molecule has 4 nitrogen and oxygen atoms in total. The van der Waals surface area contributed by atoms with Crippen LogP contribution in [0.1, 0.15) is 30.6 Å². The molecule has 1 rings (SSSR count). The minimum absolute atomic E-state index is 0.221. The lowest BCUT2D eigenvalue weighted by molar-refractivity contribution is 0.536. The van der Waals surface area contributed by atoms with Crippen LogP contribution in [0.15, 0.2) is 6.20 Å². The van der Waals surface area contributed by atoms with Gasteiger partial charge in [0, 0.05) is 24.8 Å². The van der Waals surface area contributed by atoms with Gasteiger partial charge in [0.2, 0.25) is 0 Å². The molecule has 0 aromatic carbocycles. The molecule has 68 valence electrons. The van der Waals surface area contributed by atoms with Crippen LogP contribution in [0.25, 0.3) is 0 Å². The molecule has 1 aromatic heterocycles. The van der Waals surface area contributed by atoms with Gasteiger partial charge in [-0.25, -0.2) is 0 Å². The van der Waals surface area contributed by atoms with E-state index in [0.29, 0.717) is 0 Å². The minimum atomic E-state index is 0.221. The van der Waals surface area contributed by atoms with Crippen molar-refractivity contribution in [3.63, 3.8) is 0 Å². The van der Waals surface area contributed by atoms with Gasteiger partial charge in [-0.2, -0.15) is 5.10 Å². The summed E-state index contributed by atoms with van der Waals surface area (Å²) >= 11 is 0. The van der Waals surface area contributed by atoms with E-state index in [2.05, 4.69) is 17.4 Å². The molecule has 0 bridgehead atoms. The van der Waals surface area contributed by atoms with Crippen molar-refractivity contribution in [2.24, 2.45) is 12.9 Å². The highest BCUT2D eigenvalue weighted by molar-refractivity contribution is 5.19. The van der Waals surface area contributed by atoms with Gasteiger partial charge in [0.1, 0.15) is 0 Å². The van der Waals surface area contributed by atoms with E-state index in [1.807, 2.05) is 24.9 Å². The molecule has 1 atom stereocenters. The van der Waals surface area contributed by atoms with E-state index in [9.17, 15) is 0 Å². The summed E-state index contributed by atoms with van der Waals surface area (Å²) in [6.45, 7) is 4.09. The monoisotopic (exact) mass is 168 g/mol. The highest BCUT2D eigenvalue weighted by Crippen LogP contribution is 2.17. The van der Waals surface area contributed by atoms with E-state index in [1.165, 1.54) is 5.56 Å². The summed E-state index contributed by atoms with van der Waals surface area (Å²) in [5, 5.41) is 4.25. The smallest absolute Gasteiger partial charge is 0.0641 e. The first-order valence-corrected chi connectivity index (χ1v) is 4.15. The average molecular weight is 168 g/mol. The van der Waals surface area contributed by atoms with Gasteiger partial charge >= 0.3 is 0 Å². The predicted molar refractivity (Wildman–Crippen MR) is 48.3 cm³/mol. The first-order valence-electron chi connectivity index (χ1n) is 4.15. The highest BCUT2D eigenvalue weighted by atomic mass is 15.3. The summed E-state index contributed by atoms with van der Waals surface area (Å²) in [5.41, 5.74) is 5.00. The summed E-state index contributed by atoms with van der Waals surface area (Å²) in [4.78, 5) is 0. The largest absolute Gasteiger partial charge is 0.275 e. The summed E-state index contributed by atoms with van der Waals surface area (Å²) < 4.78 is 1.81. The molecule has 0 aliphatic carbocycles. The quantitative estimate of drug-likeness (QED) is 0.514. The van der Waals surface area contributed by atoms with Crippen LogP contribution in [0.4, 0.5) is 0 Å². The van der Waals surface area contributed by atoms with Gasteiger partial charge in [0.15, 0.2) is 0 Å². The normalized spacial score (nSPS) is 13.3. The Labute approximate surface area is 72.7 Å². The van der Waals surface area contributed by atoms with E-state index < -0.39 is 0 Å². The summed E-state index contributed by atoms with van der Waals surface area (Å²) in [6, 6.07) is 0.221. The highest BCUT2D eigenvalue weighted by Gasteiger charge is 2.12. The first-order chi connectivity index (χ1) is 5.69. The molecule has 0 aliphatic heterocycles. The fourth-order valence-electron chi connectivity index (χ4n) is 1.39. The molecule has 0 saturated carbocycles. The second kappa shape index (κ2) is 3.69. The van der Waals surface area contributed by atoms with Crippen molar-refractivity contribution in [1.29, 1.82) is 0 Å². The van der Waals surface area contributed by atoms with Crippen LogP contribution >= 0.6 is 0 Å². The molecular weight excluding hydrogens is 152 g/mol. The van der Waals surface area contributed by atoms with Crippen LogP contribution in [0.2, 0.25) is 0 Å². The van der Waals surface area contributed by atoms with Gasteiger partial charge in [0.05, 0.1) is 5.69 Å². The molecule has 12 heavy (non-hydrogen) atoms. The SMILES string of the molecule is CCC(NN)c1cn(C)nc1C. The number of hydrogen-bond acceptors (Lipinski definition) is 3. The predicted octanol–water partition coefficient (Wildman–Crippen LogP) is 0.643. The first kappa shape index (κ1) is 9.22. The Morgan fingerprint density at radius 3 is 2.75 bits per heavy atom. The van der Waals surface area contributed by atoms with E-state index in [-0.39, 0.29) is 6.04 Å².